The average molecular weight is 156 g/mol. The van der Waals surface area contributed by atoms with E-state index in [1.807, 2.05) is 6.92 Å². The van der Waals surface area contributed by atoms with Gasteiger partial charge in [-0.05, 0) is 18.8 Å². The predicted octanol–water partition coefficient (Wildman–Crippen LogP) is 1.64. The van der Waals surface area contributed by atoms with Crippen molar-refractivity contribution in [2.45, 2.75) is 26.2 Å². The van der Waals surface area contributed by atoms with E-state index >= 15 is 0 Å². The number of hydrogen-bond donors (Lipinski definition) is 0. The molecule has 1 unspecified atom stereocenters. The second kappa shape index (κ2) is 3.86. The third-order valence-electron chi connectivity index (χ3n) is 2.30. The van der Waals surface area contributed by atoms with Crippen molar-refractivity contribution < 1.29 is 9.53 Å². The summed E-state index contributed by atoms with van der Waals surface area (Å²) in [5.74, 6) is 1.21. The molecule has 1 saturated carbocycles. The summed E-state index contributed by atoms with van der Waals surface area (Å²) in [7, 11) is 1.66. The molecule has 0 bridgehead atoms. The minimum Gasteiger partial charge on any atom is -0.384 e. The van der Waals surface area contributed by atoms with Crippen LogP contribution in [-0.4, -0.2) is 19.5 Å². The van der Waals surface area contributed by atoms with Gasteiger partial charge in [-0.25, -0.2) is 0 Å². The molecule has 11 heavy (non-hydrogen) atoms. The quantitative estimate of drug-likeness (QED) is 0.605. The first-order valence-corrected chi connectivity index (χ1v) is 4.31. The van der Waals surface area contributed by atoms with Crippen LogP contribution in [0.25, 0.3) is 0 Å². The molecule has 1 atom stereocenters. The van der Waals surface area contributed by atoms with E-state index in [0.717, 1.165) is 0 Å². The van der Waals surface area contributed by atoms with Crippen LogP contribution in [0, 0.1) is 11.8 Å². The van der Waals surface area contributed by atoms with E-state index in [1.54, 1.807) is 7.11 Å². The zero-order chi connectivity index (χ0) is 8.27. The van der Waals surface area contributed by atoms with E-state index < -0.39 is 0 Å². The van der Waals surface area contributed by atoms with Gasteiger partial charge in [0.1, 0.15) is 5.78 Å². The predicted molar refractivity (Wildman–Crippen MR) is 43.4 cm³/mol. The molecular formula is C9H16O2. The van der Waals surface area contributed by atoms with Crippen molar-refractivity contribution >= 4 is 5.78 Å². The fourth-order valence-corrected chi connectivity index (χ4v) is 1.43. The molecule has 0 saturated heterocycles. The Hall–Kier alpha value is -0.370. The molecule has 0 aliphatic heterocycles. The lowest BCUT2D eigenvalue weighted by molar-refractivity contribution is -0.124. The molecule has 0 aromatic rings. The van der Waals surface area contributed by atoms with Gasteiger partial charge in [-0.1, -0.05) is 6.92 Å². The van der Waals surface area contributed by atoms with Crippen molar-refractivity contribution in [3.8, 4) is 0 Å². The van der Waals surface area contributed by atoms with Gasteiger partial charge >= 0.3 is 0 Å². The highest BCUT2D eigenvalue weighted by Gasteiger charge is 2.34. The molecule has 64 valence electrons. The Morgan fingerprint density at radius 1 is 1.64 bits per heavy atom. The van der Waals surface area contributed by atoms with Crippen LogP contribution < -0.4 is 0 Å². The third-order valence-corrected chi connectivity index (χ3v) is 2.30. The summed E-state index contributed by atoms with van der Waals surface area (Å²) in [5.41, 5.74) is 0. The van der Waals surface area contributed by atoms with Gasteiger partial charge in [0.15, 0.2) is 0 Å². The maximum absolute atomic E-state index is 11.3. The summed E-state index contributed by atoms with van der Waals surface area (Å²) in [6, 6.07) is 0. The van der Waals surface area contributed by atoms with E-state index in [2.05, 4.69) is 0 Å². The summed E-state index contributed by atoms with van der Waals surface area (Å²) < 4.78 is 5.01. The first-order valence-electron chi connectivity index (χ1n) is 4.31. The van der Waals surface area contributed by atoms with Gasteiger partial charge < -0.3 is 4.74 Å². The summed E-state index contributed by atoms with van der Waals surface area (Å²) in [6.45, 7) is 2.55. The van der Waals surface area contributed by atoms with Gasteiger partial charge in [0, 0.05) is 19.4 Å². The SMILES string of the molecule is CCC(=O)C(COC)C1CC1. The lowest BCUT2D eigenvalue weighted by atomic mass is 9.98. The molecule has 0 radical (unpaired) electrons. The summed E-state index contributed by atoms with van der Waals surface area (Å²) in [6.07, 6.45) is 3.10. The Bertz CT molecular complexity index is 138. The zero-order valence-corrected chi connectivity index (χ0v) is 7.30. The van der Waals surface area contributed by atoms with Crippen LogP contribution in [0.5, 0.6) is 0 Å². The van der Waals surface area contributed by atoms with Gasteiger partial charge in [0.2, 0.25) is 0 Å². The van der Waals surface area contributed by atoms with E-state index in [9.17, 15) is 4.79 Å². The number of ketones is 1. The highest BCUT2D eigenvalue weighted by Crippen LogP contribution is 2.37. The summed E-state index contributed by atoms with van der Waals surface area (Å²) >= 11 is 0. The number of rotatable bonds is 5. The second-order valence-corrected chi connectivity index (χ2v) is 3.22. The Labute approximate surface area is 67.9 Å². The first-order chi connectivity index (χ1) is 5.29. The summed E-state index contributed by atoms with van der Waals surface area (Å²) in [5, 5.41) is 0. The van der Waals surface area contributed by atoms with E-state index in [4.69, 9.17) is 4.74 Å². The van der Waals surface area contributed by atoms with Gasteiger partial charge in [-0.2, -0.15) is 0 Å². The Balaban J connectivity index is 2.37. The molecule has 1 fully saturated rings. The number of Topliss-reactive ketones (excluding diaryl/α,β-unsaturated/α-hetero) is 1. The minimum atomic E-state index is 0.199. The van der Waals surface area contributed by atoms with Crippen molar-refractivity contribution in [3.05, 3.63) is 0 Å². The molecule has 2 heteroatoms. The van der Waals surface area contributed by atoms with Crippen molar-refractivity contribution in [1.29, 1.82) is 0 Å². The standard InChI is InChI=1S/C9H16O2/c1-3-9(10)8(6-11-2)7-4-5-7/h7-8H,3-6H2,1-2H3. The van der Waals surface area contributed by atoms with Gasteiger partial charge in [0.25, 0.3) is 0 Å². The maximum Gasteiger partial charge on any atom is 0.138 e. The van der Waals surface area contributed by atoms with Crippen molar-refractivity contribution in [2.75, 3.05) is 13.7 Å². The first kappa shape index (κ1) is 8.72. The smallest absolute Gasteiger partial charge is 0.138 e. The molecule has 0 aromatic heterocycles. The van der Waals surface area contributed by atoms with Gasteiger partial charge in [-0.15, -0.1) is 0 Å². The Morgan fingerprint density at radius 2 is 2.27 bits per heavy atom. The van der Waals surface area contributed by atoms with Crippen molar-refractivity contribution in [1.82, 2.24) is 0 Å². The number of ether oxygens (including phenoxy) is 1. The lowest BCUT2D eigenvalue weighted by Gasteiger charge is -2.11. The normalized spacial score (nSPS) is 19.8. The number of hydrogen-bond acceptors (Lipinski definition) is 2. The molecule has 0 spiro atoms. The fourth-order valence-electron chi connectivity index (χ4n) is 1.43. The second-order valence-electron chi connectivity index (χ2n) is 3.22. The maximum atomic E-state index is 11.3. The summed E-state index contributed by atoms with van der Waals surface area (Å²) in [4.78, 5) is 11.3. The molecular weight excluding hydrogens is 140 g/mol. The molecule has 0 N–H and O–H groups in total. The van der Waals surface area contributed by atoms with Gasteiger partial charge in [-0.3, -0.25) is 4.79 Å². The van der Waals surface area contributed by atoms with E-state index in [-0.39, 0.29) is 5.92 Å². The van der Waals surface area contributed by atoms with E-state index in [0.29, 0.717) is 24.7 Å². The van der Waals surface area contributed by atoms with Crippen LogP contribution in [0.15, 0.2) is 0 Å². The average Bonchev–Trinajstić information content (AvgIpc) is 2.81. The van der Waals surface area contributed by atoms with Crippen LogP contribution in [0.2, 0.25) is 0 Å². The zero-order valence-electron chi connectivity index (χ0n) is 7.30. The Morgan fingerprint density at radius 3 is 2.64 bits per heavy atom. The monoisotopic (exact) mass is 156 g/mol. The topological polar surface area (TPSA) is 26.3 Å². The molecule has 0 aromatic carbocycles. The molecule has 1 aliphatic rings. The molecule has 1 rings (SSSR count). The van der Waals surface area contributed by atoms with Crippen LogP contribution in [0.1, 0.15) is 26.2 Å². The molecule has 2 nitrogen and oxygen atoms in total. The van der Waals surface area contributed by atoms with Crippen molar-refractivity contribution in [2.24, 2.45) is 11.8 Å². The van der Waals surface area contributed by atoms with Crippen LogP contribution in [-0.2, 0) is 9.53 Å². The highest BCUT2D eigenvalue weighted by molar-refractivity contribution is 5.81. The largest absolute Gasteiger partial charge is 0.384 e. The van der Waals surface area contributed by atoms with Crippen LogP contribution in [0.4, 0.5) is 0 Å². The number of carbonyl (C=O) groups is 1. The minimum absolute atomic E-state index is 0.199. The highest BCUT2D eigenvalue weighted by atomic mass is 16.5. The third kappa shape index (κ3) is 2.29. The fraction of sp³-hybridized carbons (Fsp3) is 0.889. The molecule has 1 aliphatic carbocycles. The van der Waals surface area contributed by atoms with E-state index in [1.165, 1.54) is 12.8 Å². The van der Waals surface area contributed by atoms with Crippen molar-refractivity contribution in [3.63, 3.8) is 0 Å². The Kier molecular flexibility index (Phi) is 3.06. The number of carbonyl (C=O) groups excluding carboxylic acids is 1. The molecule has 0 heterocycles. The van der Waals surface area contributed by atoms with Crippen LogP contribution >= 0.6 is 0 Å². The lowest BCUT2D eigenvalue weighted by Crippen LogP contribution is -2.20. The van der Waals surface area contributed by atoms with Crippen LogP contribution in [0.3, 0.4) is 0 Å². The van der Waals surface area contributed by atoms with Gasteiger partial charge in [0.05, 0.1) is 6.61 Å². The number of methoxy groups -OCH3 is 1. The molecule has 0 amide bonds.